The standard InChI is InChI=1S/C9H13N3O3/c13-7-4-6(9(15)12-7)11-5-2-1-3-10-8(5)14/h5-6,11H,1-4H2,(H,10,14)(H,12,13,15)/t5-,6+/m1/s1. The van der Waals surface area contributed by atoms with Gasteiger partial charge in [0.2, 0.25) is 17.7 Å². The van der Waals surface area contributed by atoms with E-state index in [1.807, 2.05) is 0 Å². The minimum atomic E-state index is -0.550. The first-order valence-corrected chi connectivity index (χ1v) is 5.04. The third kappa shape index (κ3) is 2.15. The molecule has 0 spiro atoms. The first kappa shape index (κ1) is 10.1. The van der Waals surface area contributed by atoms with E-state index < -0.39 is 6.04 Å². The fourth-order valence-electron chi connectivity index (χ4n) is 1.86. The average Bonchev–Trinajstić information content (AvgIpc) is 2.49. The molecule has 0 bridgehead atoms. The Morgan fingerprint density at radius 2 is 1.93 bits per heavy atom. The van der Waals surface area contributed by atoms with Crippen LogP contribution in [0.4, 0.5) is 0 Å². The zero-order valence-electron chi connectivity index (χ0n) is 8.21. The molecule has 2 saturated heterocycles. The van der Waals surface area contributed by atoms with Gasteiger partial charge in [0, 0.05) is 6.54 Å². The number of nitrogens with one attached hydrogen (secondary N) is 3. The van der Waals surface area contributed by atoms with Crippen molar-refractivity contribution in [2.75, 3.05) is 6.54 Å². The molecule has 2 aliphatic rings. The molecular formula is C9H13N3O3. The number of carbonyl (C=O) groups excluding carboxylic acids is 3. The SMILES string of the molecule is O=C1C[C@H](N[C@@H]2CCCNC2=O)C(=O)N1. The third-order valence-corrected chi connectivity index (χ3v) is 2.66. The van der Waals surface area contributed by atoms with E-state index >= 15 is 0 Å². The van der Waals surface area contributed by atoms with E-state index in [-0.39, 0.29) is 30.2 Å². The van der Waals surface area contributed by atoms with Crippen molar-refractivity contribution in [2.45, 2.75) is 31.3 Å². The molecule has 0 aliphatic carbocycles. The van der Waals surface area contributed by atoms with Crippen LogP contribution in [-0.4, -0.2) is 36.3 Å². The Bertz CT molecular complexity index is 316. The van der Waals surface area contributed by atoms with Gasteiger partial charge >= 0.3 is 0 Å². The van der Waals surface area contributed by atoms with Crippen LogP contribution in [0.25, 0.3) is 0 Å². The number of rotatable bonds is 2. The van der Waals surface area contributed by atoms with E-state index in [2.05, 4.69) is 16.0 Å². The van der Waals surface area contributed by atoms with Gasteiger partial charge in [0.1, 0.15) is 0 Å². The van der Waals surface area contributed by atoms with Crippen LogP contribution in [0.3, 0.4) is 0 Å². The van der Waals surface area contributed by atoms with Gasteiger partial charge in [-0.3, -0.25) is 25.0 Å². The number of hydrogen-bond acceptors (Lipinski definition) is 4. The van der Waals surface area contributed by atoms with Gasteiger partial charge in [-0.25, -0.2) is 0 Å². The molecule has 3 amide bonds. The molecular weight excluding hydrogens is 198 g/mol. The van der Waals surface area contributed by atoms with Crippen molar-refractivity contribution >= 4 is 17.7 Å². The maximum atomic E-state index is 11.4. The van der Waals surface area contributed by atoms with Gasteiger partial charge in [-0.15, -0.1) is 0 Å². The summed E-state index contributed by atoms with van der Waals surface area (Å²) in [6.45, 7) is 0.687. The van der Waals surface area contributed by atoms with E-state index in [1.54, 1.807) is 0 Å². The summed E-state index contributed by atoms with van der Waals surface area (Å²) in [4.78, 5) is 33.5. The number of piperidine rings is 1. The summed E-state index contributed by atoms with van der Waals surface area (Å²) >= 11 is 0. The van der Waals surface area contributed by atoms with Gasteiger partial charge in [-0.1, -0.05) is 0 Å². The summed E-state index contributed by atoms with van der Waals surface area (Å²) in [5, 5.41) is 7.82. The summed E-state index contributed by atoms with van der Waals surface area (Å²) < 4.78 is 0. The molecule has 0 radical (unpaired) electrons. The van der Waals surface area contributed by atoms with Crippen LogP contribution in [0.15, 0.2) is 0 Å². The summed E-state index contributed by atoms with van der Waals surface area (Å²) in [6, 6.07) is -0.897. The largest absolute Gasteiger partial charge is 0.355 e. The number of amides is 3. The van der Waals surface area contributed by atoms with Crippen LogP contribution in [0.5, 0.6) is 0 Å². The lowest BCUT2D eigenvalue weighted by molar-refractivity contribution is -0.125. The maximum absolute atomic E-state index is 11.4. The van der Waals surface area contributed by atoms with Gasteiger partial charge in [0.25, 0.3) is 0 Å². The Morgan fingerprint density at radius 1 is 1.13 bits per heavy atom. The molecule has 2 fully saturated rings. The first-order chi connectivity index (χ1) is 7.16. The van der Waals surface area contributed by atoms with Crippen molar-refractivity contribution < 1.29 is 14.4 Å². The second-order valence-electron chi connectivity index (χ2n) is 3.82. The quantitative estimate of drug-likeness (QED) is 0.474. The lowest BCUT2D eigenvalue weighted by Gasteiger charge is -2.24. The molecule has 0 aromatic rings. The van der Waals surface area contributed by atoms with Crippen LogP contribution in [0.2, 0.25) is 0 Å². The maximum Gasteiger partial charge on any atom is 0.244 e. The van der Waals surface area contributed by atoms with Gasteiger partial charge in [0.15, 0.2) is 0 Å². The fraction of sp³-hybridized carbons (Fsp3) is 0.667. The summed E-state index contributed by atoms with van der Waals surface area (Å²) in [6.07, 6.45) is 1.73. The molecule has 2 atom stereocenters. The normalized spacial score (nSPS) is 31.3. The monoisotopic (exact) mass is 211 g/mol. The van der Waals surface area contributed by atoms with E-state index in [1.165, 1.54) is 0 Å². The summed E-state index contributed by atoms with van der Waals surface area (Å²) in [5.74, 6) is -0.708. The molecule has 0 aromatic carbocycles. The van der Waals surface area contributed by atoms with E-state index in [0.29, 0.717) is 13.0 Å². The highest BCUT2D eigenvalue weighted by Gasteiger charge is 2.34. The van der Waals surface area contributed by atoms with Gasteiger partial charge < -0.3 is 5.32 Å². The highest BCUT2D eigenvalue weighted by Crippen LogP contribution is 2.08. The third-order valence-electron chi connectivity index (χ3n) is 2.66. The summed E-state index contributed by atoms with van der Waals surface area (Å²) in [7, 11) is 0. The van der Waals surface area contributed by atoms with E-state index in [9.17, 15) is 14.4 Å². The molecule has 82 valence electrons. The minimum Gasteiger partial charge on any atom is -0.355 e. The Balaban J connectivity index is 1.93. The van der Waals surface area contributed by atoms with E-state index in [0.717, 1.165) is 6.42 Å². The number of hydrogen-bond donors (Lipinski definition) is 3. The molecule has 0 saturated carbocycles. The molecule has 2 rings (SSSR count). The fourth-order valence-corrected chi connectivity index (χ4v) is 1.86. The Hall–Kier alpha value is -1.43. The summed E-state index contributed by atoms with van der Waals surface area (Å²) in [5.41, 5.74) is 0. The average molecular weight is 211 g/mol. The van der Waals surface area contributed by atoms with Crippen LogP contribution in [0, 0.1) is 0 Å². The lowest BCUT2D eigenvalue weighted by Crippen LogP contribution is -2.53. The molecule has 0 unspecified atom stereocenters. The van der Waals surface area contributed by atoms with Crippen LogP contribution < -0.4 is 16.0 Å². The second kappa shape index (κ2) is 3.98. The smallest absolute Gasteiger partial charge is 0.244 e. The molecule has 2 heterocycles. The Kier molecular flexibility index (Phi) is 2.68. The topological polar surface area (TPSA) is 87.3 Å². The minimum absolute atomic E-state index is 0.0894. The molecule has 6 nitrogen and oxygen atoms in total. The first-order valence-electron chi connectivity index (χ1n) is 5.04. The molecule has 2 aliphatic heterocycles. The van der Waals surface area contributed by atoms with Crippen LogP contribution in [-0.2, 0) is 14.4 Å². The molecule has 0 aromatic heterocycles. The Morgan fingerprint density at radius 3 is 2.53 bits per heavy atom. The highest BCUT2D eigenvalue weighted by atomic mass is 16.2. The number of imide groups is 1. The van der Waals surface area contributed by atoms with Gasteiger partial charge in [0.05, 0.1) is 18.5 Å². The van der Waals surface area contributed by atoms with Crippen molar-refractivity contribution in [1.82, 2.24) is 16.0 Å². The van der Waals surface area contributed by atoms with Crippen molar-refractivity contribution in [1.29, 1.82) is 0 Å². The van der Waals surface area contributed by atoms with Crippen molar-refractivity contribution in [3.63, 3.8) is 0 Å². The predicted octanol–water partition coefficient (Wildman–Crippen LogP) is -1.73. The zero-order chi connectivity index (χ0) is 10.8. The van der Waals surface area contributed by atoms with Gasteiger partial charge in [-0.05, 0) is 12.8 Å². The molecule has 3 N–H and O–H groups in total. The zero-order valence-corrected chi connectivity index (χ0v) is 8.21. The van der Waals surface area contributed by atoms with E-state index in [4.69, 9.17) is 0 Å². The van der Waals surface area contributed by atoms with Gasteiger partial charge in [-0.2, -0.15) is 0 Å². The number of carbonyl (C=O) groups is 3. The predicted molar refractivity (Wildman–Crippen MR) is 50.7 cm³/mol. The Labute approximate surface area is 86.8 Å². The highest BCUT2D eigenvalue weighted by molar-refractivity contribution is 6.05. The van der Waals surface area contributed by atoms with Crippen molar-refractivity contribution in [3.8, 4) is 0 Å². The van der Waals surface area contributed by atoms with Crippen LogP contribution in [0.1, 0.15) is 19.3 Å². The second-order valence-corrected chi connectivity index (χ2v) is 3.82. The molecule has 6 heteroatoms. The van der Waals surface area contributed by atoms with Crippen LogP contribution >= 0.6 is 0 Å². The van der Waals surface area contributed by atoms with Crippen molar-refractivity contribution in [3.05, 3.63) is 0 Å². The van der Waals surface area contributed by atoms with Crippen molar-refractivity contribution in [2.24, 2.45) is 0 Å². The molecule has 15 heavy (non-hydrogen) atoms. The lowest BCUT2D eigenvalue weighted by atomic mass is 10.1.